The minimum Gasteiger partial charge on any atom is -0.381 e. The van der Waals surface area contributed by atoms with Crippen molar-refractivity contribution in [2.75, 3.05) is 20.2 Å². The maximum Gasteiger partial charge on any atom is 0.254 e. The molecule has 0 aromatic heterocycles. The fourth-order valence-electron chi connectivity index (χ4n) is 2.93. The van der Waals surface area contributed by atoms with E-state index in [0.717, 1.165) is 24.0 Å². The molecule has 2 N–H and O–H groups in total. The van der Waals surface area contributed by atoms with E-state index in [9.17, 15) is 4.79 Å². The van der Waals surface area contributed by atoms with E-state index in [0.29, 0.717) is 13.1 Å². The highest BCUT2D eigenvalue weighted by atomic mass is 16.5. The third-order valence-electron chi connectivity index (χ3n) is 4.15. The number of amides is 1. The monoisotopic (exact) mass is 276 g/mol. The lowest BCUT2D eigenvalue weighted by molar-refractivity contribution is 0.0138. The van der Waals surface area contributed by atoms with Gasteiger partial charge < -0.3 is 15.4 Å². The molecular formula is C16H24N2O2. The number of likely N-dealkylation sites (tertiary alicyclic amines) is 1. The number of hydrogen-bond acceptors (Lipinski definition) is 3. The number of carbonyl (C=O) groups excluding carboxylic acids is 1. The van der Waals surface area contributed by atoms with Gasteiger partial charge in [0.1, 0.15) is 0 Å². The summed E-state index contributed by atoms with van der Waals surface area (Å²) in [5, 5.41) is 0. The van der Waals surface area contributed by atoms with Crippen molar-refractivity contribution in [2.24, 2.45) is 5.73 Å². The molecule has 1 heterocycles. The van der Waals surface area contributed by atoms with Crippen LogP contribution in [0.5, 0.6) is 0 Å². The number of ether oxygens (including phenoxy) is 1. The summed E-state index contributed by atoms with van der Waals surface area (Å²) >= 11 is 0. The Labute approximate surface area is 120 Å². The summed E-state index contributed by atoms with van der Waals surface area (Å²) in [7, 11) is 1.72. The van der Waals surface area contributed by atoms with Gasteiger partial charge in [0, 0.05) is 31.8 Å². The van der Waals surface area contributed by atoms with Gasteiger partial charge in [0.2, 0.25) is 0 Å². The molecule has 110 valence electrons. The summed E-state index contributed by atoms with van der Waals surface area (Å²) in [5.41, 5.74) is 8.82. The van der Waals surface area contributed by atoms with E-state index in [-0.39, 0.29) is 18.1 Å². The fraction of sp³-hybridized carbons (Fsp3) is 0.562. The summed E-state index contributed by atoms with van der Waals surface area (Å²) in [6.45, 7) is 5.22. The van der Waals surface area contributed by atoms with Crippen LogP contribution in [0.1, 0.15) is 34.3 Å². The smallest absolute Gasteiger partial charge is 0.254 e. The lowest BCUT2D eigenvalue weighted by Crippen LogP contribution is -2.51. The Kier molecular flexibility index (Phi) is 4.78. The van der Waals surface area contributed by atoms with Crippen LogP contribution < -0.4 is 5.73 Å². The Morgan fingerprint density at radius 1 is 1.45 bits per heavy atom. The molecule has 4 heteroatoms. The maximum absolute atomic E-state index is 12.7. The van der Waals surface area contributed by atoms with Gasteiger partial charge in [-0.05, 0) is 38.3 Å². The molecule has 1 aromatic rings. The SMILES string of the molecule is COC1CCN(C(=O)c2ccc(C)cc2C)C(CN)C1. The van der Waals surface area contributed by atoms with Crippen molar-refractivity contribution in [2.45, 2.75) is 38.8 Å². The maximum atomic E-state index is 12.7. The molecule has 1 aliphatic heterocycles. The summed E-state index contributed by atoms with van der Waals surface area (Å²) in [6.07, 6.45) is 1.92. The third kappa shape index (κ3) is 3.02. The van der Waals surface area contributed by atoms with E-state index in [1.54, 1.807) is 7.11 Å². The quantitative estimate of drug-likeness (QED) is 0.917. The second-order valence-corrected chi connectivity index (χ2v) is 5.59. The van der Waals surface area contributed by atoms with Gasteiger partial charge in [0.15, 0.2) is 0 Å². The van der Waals surface area contributed by atoms with Gasteiger partial charge >= 0.3 is 0 Å². The summed E-state index contributed by atoms with van der Waals surface area (Å²) < 4.78 is 5.40. The lowest BCUT2D eigenvalue weighted by Gasteiger charge is -2.38. The predicted molar refractivity (Wildman–Crippen MR) is 79.8 cm³/mol. The van der Waals surface area contributed by atoms with Gasteiger partial charge in [0.05, 0.1) is 6.10 Å². The number of carbonyl (C=O) groups is 1. The molecule has 1 aromatic carbocycles. The molecule has 2 atom stereocenters. The first-order valence-corrected chi connectivity index (χ1v) is 7.18. The summed E-state index contributed by atoms with van der Waals surface area (Å²) in [4.78, 5) is 14.6. The van der Waals surface area contributed by atoms with Crippen LogP contribution in [0, 0.1) is 13.8 Å². The lowest BCUT2D eigenvalue weighted by atomic mass is 9.97. The second-order valence-electron chi connectivity index (χ2n) is 5.59. The van der Waals surface area contributed by atoms with Crippen molar-refractivity contribution in [3.63, 3.8) is 0 Å². The molecule has 1 amide bonds. The molecule has 0 spiro atoms. The molecule has 1 fully saturated rings. The van der Waals surface area contributed by atoms with Gasteiger partial charge in [0.25, 0.3) is 5.91 Å². The predicted octanol–water partition coefficient (Wildman–Crippen LogP) is 1.88. The van der Waals surface area contributed by atoms with Crippen LogP contribution in [0.2, 0.25) is 0 Å². The first-order valence-electron chi connectivity index (χ1n) is 7.18. The molecule has 0 radical (unpaired) electrons. The first-order chi connectivity index (χ1) is 9.56. The Bertz CT molecular complexity index is 487. The molecular weight excluding hydrogens is 252 g/mol. The van der Waals surface area contributed by atoms with E-state index < -0.39 is 0 Å². The standard InChI is InChI=1S/C16H24N2O2/c1-11-4-5-15(12(2)8-11)16(19)18-7-6-14(20-3)9-13(18)10-17/h4-5,8,13-14H,6-7,9-10,17H2,1-3H3. The molecule has 0 aliphatic carbocycles. The van der Waals surface area contributed by atoms with Crippen LogP contribution in [0.25, 0.3) is 0 Å². The third-order valence-corrected chi connectivity index (χ3v) is 4.15. The topological polar surface area (TPSA) is 55.6 Å². The number of aryl methyl sites for hydroxylation is 2. The Morgan fingerprint density at radius 3 is 2.80 bits per heavy atom. The van der Waals surface area contributed by atoms with Crippen molar-refractivity contribution < 1.29 is 9.53 Å². The number of benzene rings is 1. The normalized spacial score (nSPS) is 22.9. The van der Waals surface area contributed by atoms with Crippen LogP contribution >= 0.6 is 0 Å². The van der Waals surface area contributed by atoms with Gasteiger partial charge in [-0.25, -0.2) is 0 Å². The van der Waals surface area contributed by atoms with Crippen molar-refractivity contribution in [3.05, 3.63) is 34.9 Å². The average molecular weight is 276 g/mol. The number of methoxy groups -OCH3 is 1. The molecule has 0 saturated carbocycles. The molecule has 2 rings (SSSR count). The van der Waals surface area contributed by atoms with E-state index in [1.807, 2.05) is 36.9 Å². The van der Waals surface area contributed by atoms with Crippen molar-refractivity contribution in [1.29, 1.82) is 0 Å². The van der Waals surface area contributed by atoms with E-state index in [2.05, 4.69) is 0 Å². The second kappa shape index (κ2) is 6.37. The highest BCUT2D eigenvalue weighted by molar-refractivity contribution is 5.96. The molecule has 1 saturated heterocycles. The van der Waals surface area contributed by atoms with Gasteiger partial charge in [-0.1, -0.05) is 17.7 Å². The molecule has 4 nitrogen and oxygen atoms in total. The number of hydrogen-bond donors (Lipinski definition) is 1. The zero-order valence-electron chi connectivity index (χ0n) is 12.6. The van der Waals surface area contributed by atoms with Crippen molar-refractivity contribution in [3.8, 4) is 0 Å². The minimum atomic E-state index is 0.0712. The number of rotatable bonds is 3. The van der Waals surface area contributed by atoms with Gasteiger partial charge in [-0.3, -0.25) is 4.79 Å². The molecule has 20 heavy (non-hydrogen) atoms. The van der Waals surface area contributed by atoms with Crippen molar-refractivity contribution in [1.82, 2.24) is 4.90 Å². The van der Waals surface area contributed by atoms with E-state index in [1.165, 1.54) is 5.56 Å². The highest BCUT2D eigenvalue weighted by Crippen LogP contribution is 2.22. The van der Waals surface area contributed by atoms with Gasteiger partial charge in [-0.15, -0.1) is 0 Å². The molecule has 0 bridgehead atoms. The van der Waals surface area contributed by atoms with E-state index in [4.69, 9.17) is 10.5 Å². The highest BCUT2D eigenvalue weighted by Gasteiger charge is 2.31. The van der Waals surface area contributed by atoms with Crippen LogP contribution in [0.15, 0.2) is 18.2 Å². The van der Waals surface area contributed by atoms with Crippen LogP contribution in [0.4, 0.5) is 0 Å². The fourth-order valence-corrected chi connectivity index (χ4v) is 2.93. The average Bonchev–Trinajstić information content (AvgIpc) is 2.46. The van der Waals surface area contributed by atoms with Crippen molar-refractivity contribution >= 4 is 5.91 Å². The summed E-state index contributed by atoms with van der Waals surface area (Å²) in [6, 6.07) is 6.02. The van der Waals surface area contributed by atoms with Crippen LogP contribution in [0.3, 0.4) is 0 Å². The number of nitrogens with two attached hydrogens (primary N) is 1. The largest absolute Gasteiger partial charge is 0.381 e. The zero-order chi connectivity index (χ0) is 14.7. The summed E-state index contributed by atoms with van der Waals surface area (Å²) in [5.74, 6) is 0.0903. The molecule has 1 aliphatic rings. The minimum absolute atomic E-state index is 0.0712. The van der Waals surface area contributed by atoms with Crippen LogP contribution in [-0.2, 0) is 4.74 Å². The Balaban J connectivity index is 2.19. The zero-order valence-corrected chi connectivity index (χ0v) is 12.6. The van der Waals surface area contributed by atoms with Gasteiger partial charge in [-0.2, -0.15) is 0 Å². The number of nitrogens with zero attached hydrogens (tertiary/aromatic N) is 1. The molecule has 2 unspecified atom stereocenters. The van der Waals surface area contributed by atoms with E-state index >= 15 is 0 Å². The Morgan fingerprint density at radius 2 is 2.20 bits per heavy atom. The van der Waals surface area contributed by atoms with Crippen LogP contribution in [-0.4, -0.2) is 43.2 Å². The Hall–Kier alpha value is -1.39. The first kappa shape index (κ1) is 15.0. The number of piperidine rings is 1.